The molecule has 2 atom stereocenters. The SMILES string of the molecule is CC(C)CCC(O)C(CN)c1ccncc1. The van der Waals surface area contributed by atoms with E-state index in [1.54, 1.807) is 12.4 Å². The van der Waals surface area contributed by atoms with E-state index in [1.165, 1.54) is 0 Å². The minimum absolute atomic E-state index is 0.0294. The highest BCUT2D eigenvalue weighted by Crippen LogP contribution is 2.22. The van der Waals surface area contributed by atoms with E-state index in [4.69, 9.17) is 5.73 Å². The highest BCUT2D eigenvalue weighted by Gasteiger charge is 2.19. The molecule has 16 heavy (non-hydrogen) atoms. The lowest BCUT2D eigenvalue weighted by molar-refractivity contribution is 0.129. The monoisotopic (exact) mass is 222 g/mol. The van der Waals surface area contributed by atoms with Crippen LogP contribution in [0.3, 0.4) is 0 Å². The zero-order chi connectivity index (χ0) is 12.0. The molecule has 0 saturated heterocycles. The van der Waals surface area contributed by atoms with Crippen LogP contribution in [-0.2, 0) is 0 Å². The molecule has 0 aliphatic rings. The van der Waals surface area contributed by atoms with Gasteiger partial charge in [0, 0.05) is 24.9 Å². The van der Waals surface area contributed by atoms with E-state index in [0.29, 0.717) is 12.5 Å². The van der Waals surface area contributed by atoms with Crippen molar-refractivity contribution in [1.29, 1.82) is 0 Å². The summed E-state index contributed by atoms with van der Waals surface area (Å²) < 4.78 is 0. The van der Waals surface area contributed by atoms with E-state index >= 15 is 0 Å². The predicted octanol–water partition coefficient (Wildman–Crippen LogP) is 1.92. The van der Waals surface area contributed by atoms with Crippen LogP contribution in [-0.4, -0.2) is 22.7 Å². The van der Waals surface area contributed by atoms with Crippen molar-refractivity contribution >= 4 is 0 Å². The highest BCUT2D eigenvalue weighted by atomic mass is 16.3. The number of aliphatic hydroxyl groups is 1. The van der Waals surface area contributed by atoms with Gasteiger partial charge in [-0.3, -0.25) is 4.98 Å². The molecule has 0 aliphatic carbocycles. The highest BCUT2D eigenvalue weighted by molar-refractivity contribution is 5.17. The first-order valence-electron chi connectivity index (χ1n) is 5.93. The number of aliphatic hydroxyl groups excluding tert-OH is 1. The van der Waals surface area contributed by atoms with Crippen molar-refractivity contribution in [2.75, 3.05) is 6.54 Å². The number of hydrogen-bond acceptors (Lipinski definition) is 3. The summed E-state index contributed by atoms with van der Waals surface area (Å²) in [7, 11) is 0. The lowest BCUT2D eigenvalue weighted by atomic mass is 9.90. The number of nitrogens with zero attached hydrogens (tertiary/aromatic N) is 1. The van der Waals surface area contributed by atoms with Crippen LogP contribution >= 0.6 is 0 Å². The Balaban J connectivity index is 2.60. The summed E-state index contributed by atoms with van der Waals surface area (Å²) in [5.74, 6) is 0.646. The van der Waals surface area contributed by atoms with Crippen molar-refractivity contribution in [1.82, 2.24) is 4.98 Å². The molecule has 3 N–H and O–H groups in total. The van der Waals surface area contributed by atoms with Crippen LogP contribution in [0.2, 0.25) is 0 Å². The third-order valence-electron chi connectivity index (χ3n) is 2.89. The molecule has 0 aliphatic heterocycles. The molecule has 1 rings (SSSR count). The summed E-state index contributed by atoms with van der Waals surface area (Å²) in [6.07, 6.45) is 4.97. The lowest BCUT2D eigenvalue weighted by Gasteiger charge is -2.22. The molecule has 3 heteroatoms. The first-order chi connectivity index (χ1) is 7.65. The maximum atomic E-state index is 10.1. The second-order valence-corrected chi connectivity index (χ2v) is 4.66. The molecule has 0 spiro atoms. The quantitative estimate of drug-likeness (QED) is 0.773. The molecule has 0 amide bonds. The summed E-state index contributed by atoms with van der Waals surface area (Å²) in [6.45, 7) is 4.80. The molecule has 0 radical (unpaired) electrons. The molecule has 0 bridgehead atoms. The summed E-state index contributed by atoms with van der Waals surface area (Å²) in [6, 6.07) is 3.85. The van der Waals surface area contributed by atoms with Gasteiger partial charge in [-0.2, -0.15) is 0 Å². The average Bonchev–Trinajstić information content (AvgIpc) is 2.29. The van der Waals surface area contributed by atoms with E-state index in [-0.39, 0.29) is 12.0 Å². The van der Waals surface area contributed by atoms with Gasteiger partial charge >= 0.3 is 0 Å². The maximum absolute atomic E-state index is 10.1. The Morgan fingerprint density at radius 3 is 2.38 bits per heavy atom. The molecular formula is C13H22N2O. The Morgan fingerprint density at radius 1 is 1.25 bits per heavy atom. The molecule has 0 fully saturated rings. The Bertz CT molecular complexity index is 287. The van der Waals surface area contributed by atoms with E-state index in [1.807, 2.05) is 12.1 Å². The molecule has 1 heterocycles. The van der Waals surface area contributed by atoms with E-state index in [2.05, 4.69) is 18.8 Å². The molecule has 1 aromatic rings. The van der Waals surface area contributed by atoms with Crippen LogP contribution in [0, 0.1) is 5.92 Å². The minimum Gasteiger partial charge on any atom is -0.392 e. The summed E-state index contributed by atoms with van der Waals surface area (Å²) in [4.78, 5) is 3.97. The third kappa shape index (κ3) is 3.91. The van der Waals surface area contributed by atoms with Gasteiger partial charge in [0.1, 0.15) is 0 Å². The molecule has 3 nitrogen and oxygen atoms in total. The summed E-state index contributed by atoms with van der Waals surface area (Å²) in [5, 5.41) is 10.1. The first-order valence-corrected chi connectivity index (χ1v) is 5.93. The number of pyridine rings is 1. The number of nitrogens with two attached hydrogens (primary N) is 1. The maximum Gasteiger partial charge on any atom is 0.0621 e. The molecule has 2 unspecified atom stereocenters. The van der Waals surface area contributed by atoms with Gasteiger partial charge < -0.3 is 10.8 Å². The van der Waals surface area contributed by atoms with E-state index in [0.717, 1.165) is 18.4 Å². The van der Waals surface area contributed by atoms with Gasteiger partial charge in [0.05, 0.1) is 6.10 Å². The third-order valence-corrected chi connectivity index (χ3v) is 2.89. The van der Waals surface area contributed by atoms with Crippen LogP contribution < -0.4 is 5.73 Å². The van der Waals surface area contributed by atoms with Crippen LogP contribution in [0.5, 0.6) is 0 Å². The normalized spacial score (nSPS) is 15.1. The van der Waals surface area contributed by atoms with Gasteiger partial charge in [-0.15, -0.1) is 0 Å². The minimum atomic E-state index is -0.352. The molecule has 0 saturated carbocycles. The smallest absolute Gasteiger partial charge is 0.0621 e. The Hall–Kier alpha value is -0.930. The number of rotatable bonds is 6. The fourth-order valence-electron chi connectivity index (χ4n) is 1.83. The zero-order valence-corrected chi connectivity index (χ0v) is 10.1. The van der Waals surface area contributed by atoms with Gasteiger partial charge in [0.25, 0.3) is 0 Å². The van der Waals surface area contributed by atoms with Gasteiger partial charge in [0.2, 0.25) is 0 Å². The molecular weight excluding hydrogens is 200 g/mol. The van der Waals surface area contributed by atoms with Crippen LogP contribution in [0.25, 0.3) is 0 Å². The van der Waals surface area contributed by atoms with Crippen molar-refractivity contribution < 1.29 is 5.11 Å². The van der Waals surface area contributed by atoms with Crippen molar-refractivity contribution in [2.45, 2.75) is 38.7 Å². The summed E-state index contributed by atoms with van der Waals surface area (Å²) >= 11 is 0. The van der Waals surface area contributed by atoms with Crippen LogP contribution in [0.1, 0.15) is 38.2 Å². The van der Waals surface area contributed by atoms with Crippen LogP contribution in [0.4, 0.5) is 0 Å². The van der Waals surface area contributed by atoms with Gasteiger partial charge in [-0.25, -0.2) is 0 Å². The topological polar surface area (TPSA) is 59.1 Å². The number of aromatic nitrogens is 1. The lowest BCUT2D eigenvalue weighted by Crippen LogP contribution is -2.26. The fraction of sp³-hybridized carbons (Fsp3) is 0.615. The van der Waals surface area contributed by atoms with Crippen LogP contribution in [0.15, 0.2) is 24.5 Å². The van der Waals surface area contributed by atoms with E-state index < -0.39 is 0 Å². The Morgan fingerprint density at radius 2 is 1.88 bits per heavy atom. The first kappa shape index (κ1) is 13.1. The van der Waals surface area contributed by atoms with Gasteiger partial charge in [-0.05, 0) is 36.5 Å². The second-order valence-electron chi connectivity index (χ2n) is 4.66. The van der Waals surface area contributed by atoms with Crippen molar-refractivity contribution in [2.24, 2.45) is 11.7 Å². The molecule has 0 aromatic carbocycles. The van der Waals surface area contributed by atoms with E-state index in [9.17, 15) is 5.11 Å². The standard InChI is InChI=1S/C13H22N2O/c1-10(2)3-4-13(16)12(9-14)11-5-7-15-8-6-11/h5-8,10,12-13,16H,3-4,9,14H2,1-2H3. The van der Waals surface area contributed by atoms with Gasteiger partial charge in [0.15, 0.2) is 0 Å². The van der Waals surface area contributed by atoms with Crippen molar-refractivity contribution in [3.63, 3.8) is 0 Å². The average molecular weight is 222 g/mol. The molecule has 1 aromatic heterocycles. The Labute approximate surface area is 97.7 Å². The predicted molar refractivity (Wildman–Crippen MR) is 66.1 cm³/mol. The largest absolute Gasteiger partial charge is 0.392 e. The Kier molecular flexibility index (Phi) is 5.43. The fourth-order valence-corrected chi connectivity index (χ4v) is 1.83. The molecule has 90 valence electrons. The van der Waals surface area contributed by atoms with Crippen molar-refractivity contribution in [3.05, 3.63) is 30.1 Å². The van der Waals surface area contributed by atoms with Crippen molar-refractivity contribution in [3.8, 4) is 0 Å². The summed E-state index contributed by atoms with van der Waals surface area (Å²) in [5.41, 5.74) is 6.81. The van der Waals surface area contributed by atoms with Gasteiger partial charge in [-0.1, -0.05) is 13.8 Å². The second kappa shape index (κ2) is 6.61. The zero-order valence-electron chi connectivity index (χ0n) is 10.1. The number of hydrogen-bond donors (Lipinski definition) is 2.